The van der Waals surface area contributed by atoms with E-state index in [-0.39, 0.29) is 29.6 Å². The Hall–Kier alpha value is -3.63. The topological polar surface area (TPSA) is 73.8 Å². The van der Waals surface area contributed by atoms with Crippen molar-refractivity contribution in [3.05, 3.63) is 105 Å². The van der Waals surface area contributed by atoms with Crippen LogP contribution in [0.3, 0.4) is 0 Å². The number of fused-ring (bicyclic) bond motifs is 1. The zero-order valence-corrected chi connectivity index (χ0v) is 19.9. The fourth-order valence-electron chi connectivity index (χ4n) is 3.56. The number of nitrogens with zero attached hydrogens (tertiary/aromatic N) is 4. The third-order valence-corrected chi connectivity index (χ3v) is 6.71. The van der Waals surface area contributed by atoms with Gasteiger partial charge in [0, 0.05) is 10.6 Å². The lowest BCUT2D eigenvalue weighted by Gasteiger charge is -2.13. The number of hydrogen-bond donors (Lipinski definition) is 0. The summed E-state index contributed by atoms with van der Waals surface area (Å²) < 4.78 is 45.3. The van der Waals surface area contributed by atoms with E-state index in [2.05, 4.69) is 15.1 Å². The van der Waals surface area contributed by atoms with E-state index in [1.165, 1.54) is 23.9 Å². The van der Waals surface area contributed by atoms with Gasteiger partial charge in [0.1, 0.15) is 0 Å². The smallest absolute Gasteiger partial charge is 0.338 e. The Bertz CT molecular complexity index is 1600. The number of rotatable bonds is 6. The van der Waals surface area contributed by atoms with Gasteiger partial charge in [-0.2, -0.15) is 18.2 Å². The quantitative estimate of drug-likeness (QED) is 0.186. The first-order chi connectivity index (χ1) is 17.3. The average Bonchev–Trinajstić information content (AvgIpc) is 3.34. The van der Waals surface area contributed by atoms with Crippen molar-refractivity contribution in [1.82, 2.24) is 19.7 Å². The number of benzene rings is 3. The molecule has 0 saturated carbocycles. The second-order valence-corrected chi connectivity index (χ2v) is 9.12. The van der Waals surface area contributed by atoms with E-state index in [4.69, 9.17) is 16.1 Å². The molecule has 0 fully saturated rings. The van der Waals surface area contributed by atoms with Crippen molar-refractivity contribution in [2.24, 2.45) is 0 Å². The Labute approximate surface area is 211 Å². The predicted molar refractivity (Wildman–Crippen MR) is 131 cm³/mol. The first-order valence-corrected chi connectivity index (χ1v) is 12.0. The van der Waals surface area contributed by atoms with E-state index in [0.29, 0.717) is 26.6 Å². The fourth-order valence-corrected chi connectivity index (χ4v) is 4.59. The Morgan fingerprint density at radius 1 is 0.944 bits per heavy atom. The molecule has 0 saturated heterocycles. The van der Waals surface area contributed by atoms with E-state index < -0.39 is 11.7 Å². The van der Waals surface area contributed by atoms with Crippen molar-refractivity contribution in [3.8, 4) is 11.4 Å². The summed E-state index contributed by atoms with van der Waals surface area (Å²) in [6.07, 6.45) is -4.43. The predicted octanol–water partition coefficient (Wildman–Crippen LogP) is 6.46. The van der Waals surface area contributed by atoms with Crippen molar-refractivity contribution < 1.29 is 17.7 Å². The molecule has 2 aromatic heterocycles. The maximum atomic E-state index is 13.3. The minimum atomic E-state index is -4.43. The maximum absolute atomic E-state index is 13.3. The molecule has 0 aliphatic carbocycles. The molecular weight excluding hydrogens is 513 g/mol. The highest BCUT2D eigenvalue weighted by Gasteiger charge is 2.30. The molecule has 36 heavy (non-hydrogen) atoms. The summed E-state index contributed by atoms with van der Waals surface area (Å²) in [4.78, 5) is 22.2. The van der Waals surface area contributed by atoms with Crippen LogP contribution < -0.4 is 5.56 Å². The molecule has 3 aromatic carbocycles. The zero-order valence-electron chi connectivity index (χ0n) is 18.4. The molecule has 0 aliphatic rings. The number of aromatic nitrogens is 4. The van der Waals surface area contributed by atoms with E-state index in [1.807, 2.05) is 18.2 Å². The summed E-state index contributed by atoms with van der Waals surface area (Å²) >= 11 is 7.56. The maximum Gasteiger partial charge on any atom is 0.416 e. The van der Waals surface area contributed by atoms with Crippen LogP contribution in [-0.2, 0) is 18.5 Å². The fraction of sp³-hybridized carbons (Fsp3) is 0.120. The minimum absolute atomic E-state index is 0.166. The molecular formula is C25H16ClF3N4O2S. The van der Waals surface area contributed by atoms with E-state index in [1.54, 1.807) is 34.9 Å². The van der Waals surface area contributed by atoms with Gasteiger partial charge in [-0.3, -0.25) is 9.36 Å². The standard InChI is InChI=1S/C25H16ClF3N4O2S/c26-19-7-3-1-5-16(19)13-33-23(34)18-6-2-4-8-20(18)30-24(33)36-14-21-31-22(32-35-21)15-9-11-17(12-10-15)25(27,28)29/h1-12H,13-14H2. The highest BCUT2D eigenvalue weighted by atomic mass is 35.5. The Morgan fingerprint density at radius 3 is 2.42 bits per heavy atom. The van der Waals surface area contributed by atoms with Crippen LogP contribution in [0.1, 0.15) is 17.0 Å². The van der Waals surface area contributed by atoms with Crippen molar-refractivity contribution in [2.45, 2.75) is 23.6 Å². The second-order valence-electron chi connectivity index (χ2n) is 7.77. The normalized spacial score (nSPS) is 11.8. The SMILES string of the molecule is O=c1c2ccccc2nc(SCc2nc(-c3ccc(C(F)(F)F)cc3)no2)n1Cc1ccccc1Cl. The van der Waals surface area contributed by atoms with Crippen LogP contribution in [0, 0.1) is 0 Å². The molecule has 0 bridgehead atoms. The van der Waals surface area contributed by atoms with Gasteiger partial charge < -0.3 is 4.52 Å². The van der Waals surface area contributed by atoms with Gasteiger partial charge >= 0.3 is 6.18 Å². The van der Waals surface area contributed by atoms with E-state index >= 15 is 0 Å². The van der Waals surface area contributed by atoms with Gasteiger partial charge in [0.25, 0.3) is 5.56 Å². The number of halogens is 4. The van der Waals surface area contributed by atoms with E-state index in [0.717, 1.165) is 17.7 Å². The number of hydrogen-bond acceptors (Lipinski definition) is 6. The van der Waals surface area contributed by atoms with Crippen LogP contribution >= 0.6 is 23.4 Å². The van der Waals surface area contributed by atoms with Crippen LogP contribution in [0.4, 0.5) is 13.2 Å². The van der Waals surface area contributed by atoms with Crippen molar-refractivity contribution in [3.63, 3.8) is 0 Å². The Kier molecular flexibility index (Phi) is 6.55. The number of alkyl halides is 3. The third-order valence-electron chi connectivity index (χ3n) is 5.38. The van der Waals surface area contributed by atoms with Crippen LogP contribution in [0.2, 0.25) is 5.02 Å². The van der Waals surface area contributed by atoms with Crippen LogP contribution in [0.15, 0.2) is 87.3 Å². The van der Waals surface area contributed by atoms with Gasteiger partial charge in [-0.05, 0) is 35.9 Å². The molecule has 2 heterocycles. The molecule has 0 N–H and O–H groups in total. The first-order valence-electron chi connectivity index (χ1n) is 10.7. The summed E-state index contributed by atoms with van der Waals surface area (Å²) in [5.74, 6) is 0.599. The molecule has 0 unspecified atom stereocenters. The highest BCUT2D eigenvalue weighted by molar-refractivity contribution is 7.98. The molecule has 5 aromatic rings. The Balaban J connectivity index is 1.42. The van der Waals surface area contributed by atoms with Crippen LogP contribution in [0.25, 0.3) is 22.3 Å². The molecule has 182 valence electrons. The molecule has 0 amide bonds. The number of thioether (sulfide) groups is 1. The molecule has 0 radical (unpaired) electrons. The molecule has 0 aliphatic heterocycles. The summed E-state index contributed by atoms with van der Waals surface area (Å²) in [5, 5.41) is 5.33. The van der Waals surface area contributed by atoms with Crippen LogP contribution in [-0.4, -0.2) is 19.7 Å². The van der Waals surface area contributed by atoms with Gasteiger partial charge in [0.15, 0.2) is 5.16 Å². The lowest BCUT2D eigenvalue weighted by Crippen LogP contribution is -2.24. The van der Waals surface area contributed by atoms with Gasteiger partial charge in [0.05, 0.1) is 28.8 Å². The van der Waals surface area contributed by atoms with Crippen molar-refractivity contribution >= 4 is 34.3 Å². The Morgan fingerprint density at radius 2 is 1.67 bits per heavy atom. The molecule has 11 heteroatoms. The van der Waals surface area contributed by atoms with Gasteiger partial charge in [-0.1, -0.05) is 71.0 Å². The zero-order chi connectivity index (χ0) is 25.3. The van der Waals surface area contributed by atoms with Gasteiger partial charge in [-0.15, -0.1) is 0 Å². The third kappa shape index (κ3) is 5.00. The van der Waals surface area contributed by atoms with Crippen molar-refractivity contribution in [2.75, 3.05) is 0 Å². The summed E-state index contributed by atoms with van der Waals surface area (Å²) in [6.45, 7) is 0.222. The monoisotopic (exact) mass is 528 g/mol. The number of para-hydroxylation sites is 1. The largest absolute Gasteiger partial charge is 0.416 e. The second kappa shape index (κ2) is 9.79. The van der Waals surface area contributed by atoms with Gasteiger partial charge in [0.2, 0.25) is 11.7 Å². The van der Waals surface area contributed by atoms with Crippen LogP contribution in [0.5, 0.6) is 0 Å². The lowest BCUT2D eigenvalue weighted by molar-refractivity contribution is -0.137. The van der Waals surface area contributed by atoms with E-state index in [9.17, 15) is 18.0 Å². The molecule has 0 atom stereocenters. The molecule has 6 nitrogen and oxygen atoms in total. The lowest BCUT2D eigenvalue weighted by atomic mass is 10.1. The minimum Gasteiger partial charge on any atom is -0.338 e. The first kappa shape index (κ1) is 24.1. The summed E-state index contributed by atoms with van der Waals surface area (Å²) in [6, 6.07) is 18.8. The molecule has 5 rings (SSSR count). The summed E-state index contributed by atoms with van der Waals surface area (Å²) in [7, 11) is 0. The van der Waals surface area contributed by atoms with Crippen molar-refractivity contribution in [1.29, 1.82) is 0 Å². The molecule has 0 spiro atoms. The average molecular weight is 529 g/mol. The van der Waals surface area contributed by atoms with Gasteiger partial charge in [-0.25, -0.2) is 4.98 Å². The highest BCUT2D eigenvalue weighted by Crippen LogP contribution is 2.31. The summed E-state index contributed by atoms with van der Waals surface area (Å²) in [5.41, 5.74) is 0.741.